The van der Waals surface area contributed by atoms with Crippen molar-refractivity contribution in [3.05, 3.63) is 173 Å². The zero-order valence-corrected chi connectivity index (χ0v) is 45.1. The number of fused-ring (bicyclic) bond motifs is 5. The van der Waals surface area contributed by atoms with E-state index in [1.165, 1.54) is 67.6 Å². The van der Waals surface area contributed by atoms with Crippen molar-refractivity contribution in [1.82, 2.24) is 4.98 Å². The molecule has 4 nitrogen and oxygen atoms in total. The number of hydrogen-bond donors (Lipinski definition) is 0. The van der Waals surface area contributed by atoms with Crippen LogP contribution < -0.4 is 31.1 Å². The Morgan fingerprint density at radius 1 is 0.443 bits per heavy atom. The van der Waals surface area contributed by atoms with Crippen LogP contribution in [0.4, 0.5) is 51.4 Å². The molecule has 3 aliphatic rings. The van der Waals surface area contributed by atoms with Crippen molar-refractivity contribution in [2.45, 2.75) is 156 Å². The molecule has 0 N–H and O–H groups in total. The molecular weight excluding hydrogens is 848 g/mol. The maximum atomic E-state index is 6.08. The smallest absolute Gasteiger partial charge is 0.254 e. The van der Waals surface area contributed by atoms with Gasteiger partial charge in [-0.05, 0) is 156 Å². The number of pyridine rings is 1. The molecule has 70 heavy (non-hydrogen) atoms. The fourth-order valence-electron chi connectivity index (χ4n) is 11.4. The summed E-state index contributed by atoms with van der Waals surface area (Å²) in [6.45, 7) is 37.4. The lowest BCUT2D eigenvalue weighted by Crippen LogP contribution is -2.62. The molecule has 0 spiro atoms. The second kappa shape index (κ2) is 16.2. The van der Waals surface area contributed by atoms with Gasteiger partial charge in [-0.25, -0.2) is 4.98 Å². The highest BCUT2D eigenvalue weighted by Crippen LogP contribution is 2.51. The Balaban J connectivity index is 1.34. The van der Waals surface area contributed by atoms with Gasteiger partial charge in [-0.15, -0.1) is 0 Å². The summed E-state index contributed by atoms with van der Waals surface area (Å²) in [5, 5.41) is 0. The summed E-state index contributed by atoms with van der Waals surface area (Å²) in [5.41, 5.74) is 20.0. The van der Waals surface area contributed by atoms with Gasteiger partial charge < -0.3 is 4.90 Å². The first-order chi connectivity index (χ1) is 32.7. The first-order valence-corrected chi connectivity index (χ1v) is 25.9. The molecule has 3 heterocycles. The topological polar surface area (TPSA) is 22.6 Å². The van der Waals surface area contributed by atoms with Crippen LogP contribution in [0.5, 0.6) is 0 Å². The van der Waals surface area contributed by atoms with E-state index in [1.54, 1.807) is 0 Å². The van der Waals surface area contributed by atoms with Gasteiger partial charge in [0.2, 0.25) is 0 Å². The summed E-state index contributed by atoms with van der Waals surface area (Å²) in [6.07, 6.45) is 2.31. The van der Waals surface area contributed by atoms with E-state index in [0.29, 0.717) is 0 Å². The summed E-state index contributed by atoms with van der Waals surface area (Å²) in [6, 6.07) is 53.8. The van der Waals surface area contributed by atoms with Crippen molar-refractivity contribution in [3.8, 4) is 0 Å². The Kier molecular flexibility index (Phi) is 11.0. The number of rotatable bonds is 5. The largest absolute Gasteiger partial charge is 0.311 e. The fourth-order valence-corrected chi connectivity index (χ4v) is 11.4. The summed E-state index contributed by atoms with van der Waals surface area (Å²) in [4.78, 5) is 13.5. The predicted octanol–water partition coefficient (Wildman–Crippen LogP) is 16.2. The molecule has 0 radical (unpaired) electrons. The first kappa shape index (κ1) is 47.6. The fraction of sp³-hybridized carbons (Fsp3) is 0.369. The van der Waals surface area contributed by atoms with Crippen molar-refractivity contribution in [2.24, 2.45) is 0 Å². The van der Waals surface area contributed by atoms with Crippen LogP contribution >= 0.6 is 0 Å². The minimum absolute atomic E-state index is 0.00866. The summed E-state index contributed by atoms with van der Waals surface area (Å²) < 4.78 is 0. The van der Waals surface area contributed by atoms with Crippen LogP contribution in [0.1, 0.15) is 157 Å². The molecule has 7 aromatic rings. The van der Waals surface area contributed by atoms with Gasteiger partial charge in [0.1, 0.15) is 11.6 Å². The number of nitrogens with zero attached hydrogens (tertiary/aromatic N) is 4. The number of benzene rings is 6. The summed E-state index contributed by atoms with van der Waals surface area (Å²) >= 11 is 0. The van der Waals surface area contributed by atoms with E-state index in [0.717, 1.165) is 46.5 Å². The molecule has 358 valence electrons. The maximum Gasteiger partial charge on any atom is 0.254 e. The molecule has 0 atom stereocenters. The zero-order chi connectivity index (χ0) is 50.1. The molecule has 0 saturated carbocycles. The molecule has 1 aliphatic carbocycles. The molecule has 0 amide bonds. The molecule has 0 bridgehead atoms. The highest BCUT2D eigenvalue weighted by molar-refractivity contribution is 7.00. The van der Waals surface area contributed by atoms with Crippen molar-refractivity contribution in [3.63, 3.8) is 0 Å². The predicted molar refractivity (Wildman–Crippen MR) is 303 cm³/mol. The van der Waals surface area contributed by atoms with Gasteiger partial charge in [-0.1, -0.05) is 184 Å². The quantitative estimate of drug-likeness (QED) is 0.160. The van der Waals surface area contributed by atoms with E-state index in [2.05, 4.69) is 265 Å². The van der Waals surface area contributed by atoms with Gasteiger partial charge in [0.25, 0.3) is 6.71 Å². The minimum Gasteiger partial charge on any atom is -0.311 e. The third-order valence-corrected chi connectivity index (χ3v) is 16.0. The summed E-state index contributed by atoms with van der Waals surface area (Å²) in [7, 11) is 0. The van der Waals surface area contributed by atoms with E-state index in [-0.39, 0.29) is 39.2 Å². The van der Waals surface area contributed by atoms with Crippen molar-refractivity contribution in [1.29, 1.82) is 0 Å². The molecule has 2 aliphatic heterocycles. The lowest BCUT2D eigenvalue weighted by molar-refractivity contribution is 0.332. The summed E-state index contributed by atoms with van der Waals surface area (Å²) in [5.74, 6) is 1.84. The lowest BCUT2D eigenvalue weighted by atomic mass is 9.33. The molecule has 10 rings (SSSR count). The van der Waals surface area contributed by atoms with Gasteiger partial charge in [0, 0.05) is 45.9 Å². The maximum absolute atomic E-state index is 6.08. The van der Waals surface area contributed by atoms with Crippen molar-refractivity contribution < 1.29 is 0 Å². The van der Waals surface area contributed by atoms with Crippen LogP contribution in [0.25, 0.3) is 0 Å². The van der Waals surface area contributed by atoms with E-state index in [1.807, 2.05) is 0 Å². The standard InChI is InChI=1S/C65H75BN4/c1-60(2,3)42-22-28-47(29-23-42)69-54-34-26-44(62(7,8)9)38-52(54)66-53-39-45(63(10,11)12)27-35-55(53)70(48-30-24-43(25-31-48)61(4,5)6)59-58(66)56(69)41-57(67-59)68(46-20-18-17-19-21-46)49-32-33-50-51(40-49)65(15,16)37-36-64(50,13)14/h17-35,38-41H,36-37H2,1-16H3. The Labute approximate surface area is 421 Å². The Morgan fingerprint density at radius 3 is 1.40 bits per heavy atom. The van der Waals surface area contributed by atoms with Crippen LogP contribution in [-0.4, -0.2) is 11.7 Å². The Morgan fingerprint density at radius 2 is 0.900 bits per heavy atom. The number of hydrogen-bond acceptors (Lipinski definition) is 4. The molecule has 0 fully saturated rings. The lowest BCUT2D eigenvalue weighted by Gasteiger charge is -2.45. The highest BCUT2D eigenvalue weighted by atomic mass is 15.3. The van der Waals surface area contributed by atoms with Gasteiger partial charge >= 0.3 is 0 Å². The van der Waals surface area contributed by atoms with Crippen molar-refractivity contribution >= 4 is 74.5 Å². The van der Waals surface area contributed by atoms with E-state index >= 15 is 0 Å². The van der Waals surface area contributed by atoms with Crippen LogP contribution in [0.3, 0.4) is 0 Å². The molecule has 0 saturated heterocycles. The number of anilines is 9. The number of aromatic nitrogens is 1. The molecular formula is C65H75BN4. The highest BCUT2D eigenvalue weighted by Gasteiger charge is 2.46. The monoisotopic (exact) mass is 923 g/mol. The third-order valence-electron chi connectivity index (χ3n) is 16.0. The Hall–Kier alpha value is -6.07. The average Bonchev–Trinajstić information content (AvgIpc) is 3.29. The van der Waals surface area contributed by atoms with Crippen LogP contribution in [-0.2, 0) is 32.5 Å². The van der Waals surface area contributed by atoms with Crippen molar-refractivity contribution in [2.75, 3.05) is 14.7 Å². The van der Waals surface area contributed by atoms with Gasteiger partial charge in [-0.2, -0.15) is 0 Å². The molecule has 5 heteroatoms. The van der Waals surface area contributed by atoms with Crippen LogP contribution in [0.2, 0.25) is 0 Å². The normalized spacial score (nSPS) is 16.0. The van der Waals surface area contributed by atoms with E-state index < -0.39 is 0 Å². The minimum atomic E-state index is -0.0757. The van der Waals surface area contributed by atoms with E-state index in [4.69, 9.17) is 4.98 Å². The second-order valence-corrected chi connectivity index (χ2v) is 26.2. The Bertz CT molecular complexity index is 2980. The zero-order valence-electron chi connectivity index (χ0n) is 45.1. The van der Waals surface area contributed by atoms with Gasteiger partial charge in [-0.3, -0.25) is 9.80 Å². The molecule has 0 unspecified atom stereocenters. The number of para-hydroxylation sites is 1. The van der Waals surface area contributed by atoms with Crippen LogP contribution in [0, 0.1) is 0 Å². The molecule has 6 aromatic carbocycles. The second-order valence-electron chi connectivity index (χ2n) is 26.2. The average molecular weight is 923 g/mol. The molecule has 1 aromatic heterocycles. The van der Waals surface area contributed by atoms with Gasteiger partial charge in [0.05, 0.1) is 0 Å². The third kappa shape index (κ3) is 8.15. The van der Waals surface area contributed by atoms with E-state index in [9.17, 15) is 0 Å². The SMILES string of the molecule is CC(C)(C)c1ccc(N2c3ccc(C(C)(C)C)cc3B3c4cc(C(C)(C)C)ccc4N(c4ccc(C(C)(C)C)cc4)c4nc(N(c5ccccc5)c5ccc6c(c5)C(C)(C)CCC6(C)C)cc2c43)cc1. The van der Waals surface area contributed by atoms with Crippen LogP contribution in [0.15, 0.2) is 140 Å². The first-order valence-electron chi connectivity index (χ1n) is 25.9. The van der Waals surface area contributed by atoms with Gasteiger partial charge in [0.15, 0.2) is 0 Å².